The van der Waals surface area contributed by atoms with Crippen molar-refractivity contribution in [2.75, 3.05) is 27.4 Å². The van der Waals surface area contributed by atoms with Gasteiger partial charge >= 0.3 is 0 Å². The summed E-state index contributed by atoms with van der Waals surface area (Å²) in [6.07, 6.45) is 0. The lowest BCUT2D eigenvalue weighted by atomic mass is 9.84. The van der Waals surface area contributed by atoms with E-state index in [1.54, 1.807) is 14.2 Å². The van der Waals surface area contributed by atoms with E-state index < -0.39 is 0 Å². The number of ether oxygens (including phenoxy) is 4. The molecule has 0 radical (unpaired) electrons. The van der Waals surface area contributed by atoms with Gasteiger partial charge in [-0.25, -0.2) is 15.0 Å². The average Bonchev–Trinajstić information content (AvgIpc) is 3.79. The van der Waals surface area contributed by atoms with Gasteiger partial charge in [-0.05, 0) is 86.3 Å². The van der Waals surface area contributed by atoms with Gasteiger partial charge in [-0.15, -0.1) is 0 Å². The highest BCUT2D eigenvalue weighted by molar-refractivity contribution is 5.97. The highest BCUT2D eigenvalue weighted by Crippen LogP contribution is 2.37. The number of benzene rings is 4. The summed E-state index contributed by atoms with van der Waals surface area (Å²) in [5, 5.41) is 0. The van der Waals surface area contributed by atoms with Gasteiger partial charge in [0.05, 0.1) is 26.3 Å². The molecule has 254 valence electrons. The van der Waals surface area contributed by atoms with Gasteiger partial charge in [0.2, 0.25) is 11.8 Å². The van der Waals surface area contributed by atoms with Crippen molar-refractivity contribution in [3.63, 3.8) is 0 Å². The van der Waals surface area contributed by atoms with Crippen LogP contribution in [0.1, 0.15) is 67.7 Å². The van der Waals surface area contributed by atoms with E-state index in [1.807, 2.05) is 42.5 Å². The molecule has 7 nitrogen and oxygen atoms in total. The van der Waals surface area contributed by atoms with E-state index in [1.165, 1.54) is 33.4 Å². The topological polar surface area (TPSA) is 74.5 Å². The lowest BCUT2D eigenvalue weighted by molar-refractivity contribution is 0.306. The van der Waals surface area contributed by atoms with Crippen LogP contribution in [0.4, 0.5) is 0 Å². The van der Waals surface area contributed by atoms with Crippen molar-refractivity contribution >= 4 is 11.8 Å². The van der Waals surface area contributed by atoms with Crippen LogP contribution in [0, 0.1) is 27.7 Å². The summed E-state index contributed by atoms with van der Waals surface area (Å²) < 4.78 is 23.8. The van der Waals surface area contributed by atoms with Crippen molar-refractivity contribution in [2.45, 2.75) is 51.6 Å². The zero-order valence-corrected chi connectivity index (χ0v) is 29.5. The summed E-state index contributed by atoms with van der Waals surface area (Å²) in [6, 6.07) is 35.4. The second-order valence-corrected chi connectivity index (χ2v) is 13.4. The number of hydrogen-bond donors (Lipinski definition) is 0. The normalized spacial score (nSPS) is 18.0. The monoisotopic (exact) mass is 665 g/mol. The molecule has 0 N–H and O–H groups in total. The van der Waals surface area contributed by atoms with Crippen LogP contribution in [0.25, 0.3) is 0 Å². The van der Waals surface area contributed by atoms with Crippen molar-refractivity contribution in [1.82, 2.24) is 4.98 Å². The fraction of sp³-hybridized carbons (Fsp3) is 0.279. The Kier molecular flexibility index (Phi) is 9.40. The molecule has 0 aliphatic carbocycles. The second-order valence-electron chi connectivity index (χ2n) is 13.4. The van der Waals surface area contributed by atoms with Crippen LogP contribution in [-0.2, 0) is 9.47 Å². The Hall–Kier alpha value is -5.43. The van der Waals surface area contributed by atoms with Crippen molar-refractivity contribution in [3.8, 4) is 11.5 Å². The van der Waals surface area contributed by atoms with Gasteiger partial charge in [0.25, 0.3) is 0 Å². The van der Waals surface area contributed by atoms with Gasteiger partial charge in [-0.1, -0.05) is 89.0 Å². The van der Waals surface area contributed by atoms with E-state index in [0.717, 1.165) is 22.6 Å². The van der Waals surface area contributed by atoms with Crippen LogP contribution < -0.4 is 9.47 Å². The van der Waals surface area contributed by atoms with Crippen molar-refractivity contribution in [2.24, 2.45) is 9.98 Å². The molecule has 0 fully saturated rings. The van der Waals surface area contributed by atoms with Crippen LogP contribution in [0.15, 0.2) is 113 Å². The number of hydrogen-bond acceptors (Lipinski definition) is 7. The number of methoxy groups -OCH3 is 2. The summed E-state index contributed by atoms with van der Waals surface area (Å²) in [6.45, 7) is 9.41. The third-order valence-corrected chi connectivity index (χ3v) is 9.42. The second kappa shape index (κ2) is 14.2. The lowest BCUT2D eigenvalue weighted by Gasteiger charge is -2.23. The van der Waals surface area contributed by atoms with Crippen molar-refractivity contribution in [3.05, 3.63) is 159 Å². The Labute approximate surface area is 294 Å². The number of rotatable bonds is 10. The first-order valence-corrected chi connectivity index (χ1v) is 17.1. The minimum Gasteiger partial charge on any atom is -0.497 e. The van der Waals surface area contributed by atoms with Crippen molar-refractivity contribution in [1.29, 1.82) is 0 Å². The van der Waals surface area contributed by atoms with Crippen LogP contribution >= 0.6 is 0 Å². The van der Waals surface area contributed by atoms with E-state index >= 15 is 0 Å². The highest BCUT2D eigenvalue weighted by Gasteiger charge is 2.34. The molecule has 0 bridgehead atoms. The Morgan fingerprint density at radius 3 is 1.32 bits per heavy atom. The first-order valence-electron chi connectivity index (χ1n) is 17.1. The first-order chi connectivity index (χ1) is 24.3. The Morgan fingerprint density at radius 2 is 0.920 bits per heavy atom. The summed E-state index contributed by atoms with van der Waals surface area (Å²) in [7, 11) is 3.39. The largest absolute Gasteiger partial charge is 0.497 e. The maximum Gasteiger partial charge on any atom is 0.235 e. The predicted molar refractivity (Wildman–Crippen MR) is 198 cm³/mol. The first kappa shape index (κ1) is 33.1. The Balaban J connectivity index is 1.20. The number of aliphatic imine (C=N–C) groups is 2. The van der Waals surface area contributed by atoms with Crippen LogP contribution in [-0.4, -0.2) is 56.3 Å². The maximum absolute atomic E-state index is 6.29. The van der Waals surface area contributed by atoms with Gasteiger partial charge in [0.15, 0.2) is 0 Å². The summed E-state index contributed by atoms with van der Waals surface area (Å²) >= 11 is 0. The molecular weight excluding hydrogens is 622 g/mol. The summed E-state index contributed by atoms with van der Waals surface area (Å²) in [5.41, 5.74) is 10.8. The van der Waals surface area contributed by atoms with Gasteiger partial charge in [0.1, 0.15) is 36.1 Å². The number of nitrogens with zero attached hydrogens (tertiary/aromatic N) is 3. The fourth-order valence-corrected chi connectivity index (χ4v) is 7.40. The molecule has 2 aliphatic heterocycles. The number of aromatic nitrogens is 1. The molecular formula is C43H43N3O4. The lowest BCUT2D eigenvalue weighted by Crippen LogP contribution is -2.20. The molecule has 0 saturated carbocycles. The van der Waals surface area contributed by atoms with Crippen molar-refractivity contribution < 1.29 is 18.9 Å². The summed E-state index contributed by atoms with van der Waals surface area (Å²) in [5.74, 6) is 2.63. The predicted octanol–water partition coefficient (Wildman–Crippen LogP) is 8.29. The molecule has 0 spiro atoms. The molecule has 3 heterocycles. The quantitative estimate of drug-likeness (QED) is 0.150. The van der Waals surface area contributed by atoms with Gasteiger partial charge < -0.3 is 18.9 Å². The molecule has 4 aromatic carbocycles. The van der Waals surface area contributed by atoms with Crippen LogP contribution in [0.5, 0.6) is 11.5 Å². The number of aryl methyl sites for hydroxylation is 4. The third-order valence-electron chi connectivity index (χ3n) is 9.42. The van der Waals surface area contributed by atoms with Gasteiger partial charge in [-0.2, -0.15) is 0 Å². The molecule has 7 heteroatoms. The standard InChI is InChI=1S/C43H43N3O4/c1-26-16-27(2)19-32(18-26)40(30-10-7-12-34(22-30)47-5)38-24-49-42(45-38)36-14-9-15-37(44-36)43-46-39(25-50-43)41(31-11-8-13-35(23-31)48-6)33-20-28(3)17-29(4)21-33/h7-23,38-41H,24-25H2,1-6H3/t38-,39-,40-,41-/m1/s1. The number of pyridine rings is 1. The Bertz CT molecular complexity index is 1900. The molecule has 1 aromatic heterocycles. The SMILES string of the molecule is COc1cccc([C@H](c2cc(C)cc(C)c2)[C@H]2COC(c3cccc(C4=N[C@@H]([C@@H](c5cc(C)cc(C)c5)c5cccc(OC)c5)CO4)n3)=N2)c1. The zero-order chi connectivity index (χ0) is 34.8. The summed E-state index contributed by atoms with van der Waals surface area (Å²) in [4.78, 5) is 15.3. The molecule has 5 aromatic rings. The minimum atomic E-state index is -0.144. The fourth-order valence-electron chi connectivity index (χ4n) is 7.40. The Morgan fingerprint density at radius 1 is 0.520 bits per heavy atom. The molecule has 2 aliphatic rings. The smallest absolute Gasteiger partial charge is 0.235 e. The average molecular weight is 666 g/mol. The van der Waals surface area contributed by atoms with E-state index in [-0.39, 0.29) is 23.9 Å². The van der Waals surface area contributed by atoms with E-state index in [0.29, 0.717) is 36.4 Å². The van der Waals surface area contributed by atoms with E-state index in [9.17, 15) is 0 Å². The van der Waals surface area contributed by atoms with Gasteiger partial charge in [0, 0.05) is 11.8 Å². The van der Waals surface area contributed by atoms with E-state index in [4.69, 9.17) is 33.9 Å². The third kappa shape index (κ3) is 6.99. The molecule has 0 amide bonds. The molecule has 7 rings (SSSR count). The molecule has 0 unspecified atom stereocenters. The van der Waals surface area contributed by atoms with E-state index in [2.05, 4.69) is 88.4 Å². The zero-order valence-electron chi connectivity index (χ0n) is 29.5. The molecule has 0 saturated heterocycles. The maximum atomic E-state index is 6.29. The van der Waals surface area contributed by atoms with Crippen LogP contribution in [0.2, 0.25) is 0 Å². The minimum absolute atomic E-state index is 0.0218. The highest BCUT2D eigenvalue weighted by atomic mass is 16.5. The van der Waals surface area contributed by atoms with Crippen LogP contribution in [0.3, 0.4) is 0 Å². The molecule has 50 heavy (non-hydrogen) atoms. The van der Waals surface area contributed by atoms with Gasteiger partial charge in [-0.3, -0.25) is 0 Å². The molecule has 4 atom stereocenters.